The number of esters is 4. The number of hydrogen-bond acceptors (Lipinski definition) is 31. The lowest BCUT2D eigenvalue weighted by Crippen LogP contribution is -2.58. The van der Waals surface area contributed by atoms with E-state index in [1.54, 1.807) is 24.3 Å². The van der Waals surface area contributed by atoms with Crippen molar-refractivity contribution >= 4 is 76.8 Å². The number of hydrogen-bond donors (Lipinski definition) is 14. The number of nitrogens with one attached hydrogen (secondary N) is 8. The molecule has 37 nitrogen and oxygen atoms in total. The van der Waals surface area contributed by atoms with E-state index in [1.165, 1.54) is 34.6 Å². The zero-order valence-electron chi connectivity index (χ0n) is 78.9. The molecule has 0 aromatic heterocycles. The molecule has 15 unspecified atom stereocenters. The van der Waals surface area contributed by atoms with E-state index in [1.807, 2.05) is 71.0 Å². The van der Waals surface area contributed by atoms with Crippen LogP contribution in [0.1, 0.15) is 232 Å². The van der Waals surface area contributed by atoms with Crippen LogP contribution in [0.25, 0.3) is 0 Å². The van der Waals surface area contributed by atoms with Gasteiger partial charge in [-0.1, -0.05) is 102 Å². The van der Waals surface area contributed by atoms with Crippen molar-refractivity contribution in [3.63, 3.8) is 0 Å². The molecule has 4 saturated heterocycles. The van der Waals surface area contributed by atoms with Crippen molar-refractivity contribution < 1.29 is 115 Å². The molecule has 5 heterocycles. The van der Waals surface area contributed by atoms with Crippen LogP contribution in [0.15, 0.2) is 65.7 Å². The Balaban J connectivity index is 0.000000811. The van der Waals surface area contributed by atoms with E-state index in [9.17, 15) is 57.5 Å². The summed E-state index contributed by atoms with van der Waals surface area (Å²) in [5, 5.41) is 40.3. The monoisotopic (exact) mass is 1830 g/mol. The van der Waals surface area contributed by atoms with Crippen LogP contribution < -0.4 is 65.5 Å². The molecule has 0 aliphatic carbocycles. The zero-order chi connectivity index (χ0) is 96.1. The first-order valence-corrected chi connectivity index (χ1v) is 46.0. The molecule has 0 bridgehead atoms. The highest BCUT2D eigenvalue weighted by Crippen LogP contribution is 2.37. The number of Topliss-reactive ketones (excluding diaryl/α,β-unsaturated/α-hetero) is 2. The molecular weight excluding hydrogens is 1670 g/mol. The van der Waals surface area contributed by atoms with Gasteiger partial charge in [0, 0.05) is 137 Å². The molecule has 736 valence electrons. The van der Waals surface area contributed by atoms with Crippen molar-refractivity contribution in [2.75, 3.05) is 131 Å². The molecule has 15 atom stereocenters. The summed E-state index contributed by atoms with van der Waals surface area (Å²) in [6, 6.07) is 17.8. The Morgan fingerprint density at radius 2 is 0.791 bits per heavy atom. The third kappa shape index (κ3) is 56.7. The number of benzene rings is 2. The molecule has 0 saturated carbocycles. The summed E-state index contributed by atoms with van der Waals surface area (Å²) in [6.45, 7) is 30.3. The number of ketones is 2. The summed E-state index contributed by atoms with van der Waals surface area (Å²) >= 11 is 0. The van der Waals surface area contributed by atoms with Crippen molar-refractivity contribution in [2.24, 2.45) is 63.4 Å². The van der Waals surface area contributed by atoms with Gasteiger partial charge in [-0.15, -0.1) is 0 Å². The Morgan fingerprint density at radius 3 is 1.11 bits per heavy atom. The normalized spacial score (nSPS) is 22.1. The highest BCUT2D eigenvalue weighted by Gasteiger charge is 2.47. The number of rotatable bonds is 50. The maximum atomic E-state index is 12.1. The molecule has 6 amide bonds. The predicted octanol–water partition coefficient (Wildman–Crippen LogP) is 5.03. The first-order chi connectivity index (χ1) is 61.8. The first kappa shape index (κ1) is 118. The van der Waals surface area contributed by atoms with E-state index in [0.717, 1.165) is 64.5 Å². The summed E-state index contributed by atoms with van der Waals surface area (Å²) in [6.07, 6.45) is 11.6. The predicted molar refractivity (Wildman–Crippen MR) is 489 cm³/mol. The van der Waals surface area contributed by atoms with Crippen molar-refractivity contribution in [1.29, 1.82) is 0 Å². The van der Waals surface area contributed by atoms with Gasteiger partial charge in [-0.05, 0) is 171 Å². The quantitative estimate of drug-likeness (QED) is 0.0179. The average Bonchev–Trinajstić information content (AvgIpc) is 1.79. The van der Waals surface area contributed by atoms with E-state index in [4.69, 9.17) is 75.8 Å². The fourth-order valence-electron chi connectivity index (χ4n) is 13.3. The molecule has 2 aromatic rings. The number of unbranched alkanes of at least 4 members (excludes halogenated alkanes) is 4. The molecular formula is C92H159N13O24. The molecule has 0 spiro atoms. The number of nitrogens with two attached hydrogens (primary N) is 4. The number of cyclic esters (lactones) is 1. The standard InChI is InChI=1S/C28H43N3O7.C20H37N3O6.C16H24N2O3.C12H19NO4.C8H18N2O2.C5H8O2.C3H10N2/c1-19-20(2)27(31-21(3)32)28(38-25(19)18-37-22(4)33)36-16-9-8-13-26(35)30-15-10-14-29-17-24(34)23-11-6-5-7-12-23;1-13-14(2)19(23-15(3)24)20(29-17(13)12-28-16(4)25)27-11-6-5-8-18(26)22-10-7-9-21;19-12-5-4-9-16(21)18-11-6-10-17-13-15(20)14-7-2-1-3-8-14;1-6-7(2)11-12(16-8(3)13-11)17-10(6)5-15-9(4)14;9-5-3-6-10-8(12)4-1-2-7-11;6-5-3-1-2-4-7-5;4-2-1-3-5/h5-7,11-12,19-20,25,27-29H,8-10,13-18H2,1-4H3,(H,30,35)(H,31,32);13-14,17,19-20H,5-12,21H2,1-4H3,(H,22,26)(H,23,24);1-3,7-8,17,19H,4-6,9-13H2,(H,18,21);6-7,10-12H,5H2,1-4H3;11H,1-7,9H2,(H,10,12);1-4H2;1-5H2. The highest BCUT2D eigenvalue weighted by molar-refractivity contribution is 5.98. The number of fused-ring (bicyclic) bond motifs is 1. The van der Waals surface area contributed by atoms with Gasteiger partial charge in [0.25, 0.3) is 0 Å². The third-order valence-electron chi connectivity index (χ3n) is 21.5. The van der Waals surface area contributed by atoms with E-state index in [2.05, 4.69) is 66.1 Å². The van der Waals surface area contributed by atoms with Gasteiger partial charge in [0.15, 0.2) is 30.0 Å². The maximum absolute atomic E-state index is 12.1. The molecule has 7 rings (SSSR count). The number of aliphatic imine (C=N–C) groups is 1. The molecule has 4 fully saturated rings. The summed E-state index contributed by atoms with van der Waals surface area (Å²) < 4.78 is 55.2. The second kappa shape index (κ2) is 74.0. The summed E-state index contributed by atoms with van der Waals surface area (Å²) in [7, 11) is 0. The second-order valence-corrected chi connectivity index (χ2v) is 32.3. The second-order valence-electron chi connectivity index (χ2n) is 32.3. The number of carbonyl (C=O) groups excluding carboxylic acids is 12. The number of amides is 6. The van der Waals surface area contributed by atoms with Gasteiger partial charge < -0.3 is 123 Å². The number of nitrogens with zero attached hydrogens (tertiary/aromatic N) is 1. The Bertz CT molecular complexity index is 3440. The fourth-order valence-corrected chi connectivity index (χ4v) is 13.3. The SMILES string of the molecule is CC(=O)NC1C(OCCCCC(=O)NCCCN)OC(COC(C)=O)C(C)C1C.CC(=O)NC1C(OCCCCC(=O)NCCCNCC(=O)c2ccccc2)OC(COC(C)=O)C(C)C1C.CC(=O)OCC1OC2OC(C)=NC2C(C)C1C.NCCCN.NCCCNC(=O)CCCCO.O=C(CCCCO)NCCCNCC(=O)c1ccccc1.O=C1CCCCO1. The smallest absolute Gasteiger partial charge is 0.305 e. The number of aliphatic hydroxyl groups is 2. The molecule has 2 aromatic carbocycles. The number of aliphatic hydroxyl groups excluding tert-OH is 2. The maximum Gasteiger partial charge on any atom is 0.305 e. The lowest BCUT2D eigenvalue weighted by atomic mass is 9.82. The van der Waals surface area contributed by atoms with Crippen molar-refractivity contribution in [3.8, 4) is 0 Å². The Labute approximate surface area is 764 Å². The fraction of sp³-hybridized carbons (Fsp3) is 0.728. The van der Waals surface area contributed by atoms with Crippen LogP contribution in [0, 0.1) is 35.5 Å². The average molecular weight is 1830 g/mol. The van der Waals surface area contributed by atoms with Crippen LogP contribution in [0.5, 0.6) is 0 Å². The zero-order valence-corrected chi connectivity index (χ0v) is 78.9. The van der Waals surface area contributed by atoms with Gasteiger partial charge in [0.1, 0.15) is 25.9 Å². The summed E-state index contributed by atoms with van der Waals surface area (Å²) in [5.74, 6) is 0.354. The molecule has 18 N–H and O–H groups in total. The Hall–Kier alpha value is -8.57. The molecule has 5 aliphatic heterocycles. The van der Waals surface area contributed by atoms with Crippen LogP contribution in [0.3, 0.4) is 0 Å². The van der Waals surface area contributed by atoms with Gasteiger partial charge in [0.05, 0.1) is 50.1 Å². The molecule has 37 heteroatoms. The molecule has 129 heavy (non-hydrogen) atoms. The van der Waals surface area contributed by atoms with Crippen molar-refractivity contribution in [1.82, 2.24) is 42.5 Å². The minimum absolute atomic E-state index is 0.00684. The Morgan fingerprint density at radius 1 is 0.434 bits per heavy atom. The van der Waals surface area contributed by atoms with Crippen LogP contribution in [-0.2, 0) is 95.3 Å². The van der Waals surface area contributed by atoms with Crippen molar-refractivity contribution in [3.05, 3.63) is 71.8 Å². The first-order valence-electron chi connectivity index (χ1n) is 46.0. The highest BCUT2D eigenvalue weighted by atomic mass is 16.7. The Kier molecular flexibility index (Phi) is 68.0. The van der Waals surface area contributed by atoms with Crippen LogP contribution in [0.4, 0.5) is 0 Å². The molecule has 5 aliphatic rings. The number of carbonyl (C=O) groups is 12. The minimum atomic E-state index is -0.666. The van der Waals surface area contributed by atoms with Gasteiger partial charge in [-0.25, -0.2) is 4.99 Å². The topological polar surface area (TPSA) is 550 Å². The van der Waals surface area contributed by atoms with Gasteiger partial charge >= 0.3 is 23.9 Å². The lowest BCUT2D eigenvalue weighted by Gasteiger charge is -2.44. The summed E-state index contributed by atoms with van der Waals surface area (Å²) in [4.78, 5) is 141. The van der Waals surface area contributed by atoms with Crippen LogP contribution >= 0.6 is 0 Å². The van der Waals surface area contributed by atoms with Crippen molar-refractivity contribution in [2.45, 2.75) is 267 Å². The van der Waals surface area contributed by atoms with E-state index in [0.29, 0.717) is 179 Å². The number of ether oxygens (including phenoxy) is 10. The van der Waals surface area contributed by atoms with Gasteiger partial charge in [0.2, 0.25) is 41.7 Å². The van der Waals surface area contributed by atoms with Gasteiger partial charge in [-0.3, -0.25) is 57.5 Å². The van der Waals surface area contributed by atoms with Gasteiger partial charge in [-0.2, -0.15) is 0 Å². The minimum Gasteiger partial charge on any atom is -0.466 e. The lowest BCUT2D eigenvalue weighted by molar-refractivity contribution is -0.244. The van der Waals surface area contributed by atoms with Crippen LogP contribution in [0.2, 0.25) is 0 Å². The van der Waals surface area contributed by atoms with E-state index in [-0.39, 0.29) is 183 Å². The third-order valence-corrected chi connectivity index (χ3v) is 21.5. The largest absolute Gasteiger partial charge is 0.466 e. The van der Waals surface area contributed by atoms with E-state index >= 15 is 0 Å². The summed E-state index contributed by atoms with van der Waals surface area (Å²) in [5.41, 5.74) is 22.2. The van der Waals surface area contributed by atoms with Crippen LogP contribution in [-0.4, -0.2) is 274 Å². The molecule has 0 radical (unpaired) electrons. The van der Waals surface area contributed by atoms with E-state index < -0.39 is 12.6 Å².